The zero-order chi connectivity index (χ0) is 13.3. The minimum absolute atomic E-state index is 0.112. The van der Waals surface area contributed by atoms with Crippen molar-refractivity contribution in [2.75, 3.05) is 26.4 Å². The number of unbranched alkanes of at least 4 members (excludes halogenated alkanes) is 1. The fourth-order valence-corrected chi connectivity index (χ4v) is 5.04. The van der Waals surface area contributed by atoms with Crippen LogP contribution in [0.4, 0.5) is 0 Å². The van der Waals surface area contributed by atoms with E-state index in [1.54, 1.807) is 0 Å². The number of ether oxygens (including phenoxy) is 1. The van der Waals surface area contributed by atoms with Crippen LogP contribution in [0.1, 0.15) is 52.4 Å². The molecule has 1 aliphatic rings. The Balaban J connectivity index is 2.65. The van der Waals surface area contributed by atoms with Crippen LogP contribution in [0.15, 0.2) is 0 Å². The smallest absolute Gasteiger partial charge is 0.354 e. The van der Waals surface area contributed by atoms with Crippen LogP contribution in [-0.2, 0) is 13.6 Å². The van der Waals surface area contributed by atoms with Gasteiger partial charge in [0.15, 0.2) is 0 Å². The Morgan fingerprint density at radius 1 is 1.17 bits per heavy atom. The molecule has 0 aromatic heterocycles. The van der Waals surface area contributed by atoms with E-state index in [4.69, 9.17) is 19.3 Å². The van der Waals surface area contributed by atoms with E-state index < -0.39 is 9.28 Å². The summed E-state index contributed by atoms with van der Waals surface area (Å²) in [4.78, 5) is 0. The molecule has 2 N–H and O–H groups in total. The molecule has 0 aromatic carbocycles. The second-order valence-corrected chi connectivity index (χ2v) is 7.24. The van der Waals surface area contributed by atoms with Crippen molar-refractivity contribution in [3.8, 4) is 0 Å². The number of hydrogen-bond donors (Lipinski definition) is 1. The molecule has 1 saturated heterocycles. The molecule has 1 fully saturated rings. The first-order valence-corrected chi connectivity index (χ1v) is 8.88. The van der Waals surface area contributed by atoms with Crippen molar-refractivity contribution in [2.24, 2.45) is 5.73 Å². The molecule has 0 radical (unpaired) electrons. The molecule has 0 aromatic rings. The molecule has 18 heavy (non-hydrogen) atoms. The summed E-state index contributed by atoms with van der Waals surface area (Å²) in [7, 11) is -1.76. The molecule has 5 heteroatoms. The van der Waals surface area contributed by atoms with Gasteiger partial charge in [-0.15, -0.1) is 0 Å². The van der Waals surface area contributed by atoms with Crippen molar-refractivity contribution >= 4 is 9.28 Å². The lowest BCUT2D eigenvalue weighted by Gasteiger charge is -2.41. The fraction of sp³-hybridized carbons (Fsp3) is 1.00. The highest BCUT2D eigenvalue weighted by atomic mass is 28.3. The molecule has 0 amide bonds. The normalized spacial score (nSPS) is 24.7. The van der Waals surface area contributed by atoms with E-state index in [1.807, 2.05) is 13.8 Å². The van der Waals surface area contributed by atoms with E-state index in [0.717, 1.165) is 58.5 Å². The van der Waals surface area contributed by atoms with Crippen molar-refractivity contribution in [1.29, 1.82) is 0 Å². The predicted octanol–water partition coefficient (Wildman–Crippen LogP) is 1.89. The van der Waals surface area contributed by atoms with Gasteiger partial charge in [0.05, 0.1) is 0 Å². The van der Waals surface area contributed by atoms with Crippen molar-refractivity contribution in [3.05, 3.63) is 0 Å². The summed E-state index contributed by atoms with van der Waals surface area (Å²) in [6, 6.07) is 0. The highest BCUT2D eigenvalue weighted by Gasteiger charge is 2.44. The zero-order valence-electron chi connectivity index (χ0n) is 12.0. The van der Waals surface area contributed by atoms with Gasteiger partial charge in [0, 0.05) is 19.8 Å². The first-order chi connectivity index (χ1) is 8.79. The Morgan fingerprint density at radius 3 is 2.39 bits per heavy atom. The maximum absolute atomic E-state index is 6.15. The Hall–Kier alpha value is 0.0569. The van der Waals surface area contributed by atoms with Crippen LogP contribution < -0.4 is 5.73 Å². The monoisotopic (exact) mass is 275 g/mol. The summed E-state index contributed by atoms with van der Waals surface area (Å²) >= 11 is 0. The Kier molecular flexibility index (Phi) is 8.09. The maximum Gasteiger partial charge on any atom is 0.354 e. The van der Waals surface area contributed by atoms with E-state index >= 15 is 0 Å². The van der Waals surface area contributed by atoms with Crippen LogP contribution in [0.3, 0.4) is 0 Å². The lowest BCUT2D eigenvalue weighted by atomic mass is 10.0. The zero-order valence-corrected chi connectivity index (χ0v) is 13.1. The molecular formula is C13H29NO3Si. The van der Waals surface area contributed by atoms with Crippen molar-refractivity contribution < 1.29 is 13.6 Å². The van der Waals surface area contributed by atoms with Gasteiger partial charge in [0.1, 0.15) is 5.22 Å². The summed E-state index contributed by atoms with van der Waals surface area (Å²) in [5.74, 6) is 0. The summed E-state index contributed by atoms with van der Waals surface area (Å²) < 4.78 is 18.0. The van der Waals surface area contributed by atoms with Crippen molar-refractivity contribution in [3.63, 3.8) is 0 Å². The first-order valence-electron chi connectivity index (χ1n) is 7.36. The number of hydrogen-bond acceptors (Lipinski definition) is 4. The third kappa shape index (κ3) is 4.62. The average molecular weight is 275 g/mol. The van der Waals surface area contributed by atoms with Crippen LogP contribution in [0.25, 0.3) is 0 Å². The van der Waals surface area contributed by atoms with E-state index in [-0.39, 0.29) is 5.22 Å². The third-order valence-corrected chi connectivity index (χ3v) is 6.38. The maximum atomic E-state index is 6.15. The van der Waals surface area contributed by atoms with Crippen molar-refractivity contribution in [1.82, 2.24) is 0 Å². The second-order valence-electron chi connectivity index (χ2n) is 4.86. The molecule has 1 aliphatic heterocycles. The predicted molar refractivity (Wildman–Crippen MR) is 75.8 cm³/mol. The SMILES string of the molecule is CCO[SiH](OCC)C1(CCCCN)CCCCO1. The van der Waals surface area contributed by atoms with Gasteiger partial charge < -0.3 is 19.3 Å². The molecule has 1 atom stereocenters. The lowest BCUT2D eigenvalue weighted by Crippen LogP contribution is -2.54. The van der Waals surface area contributed by atoms with Crippen molar-refractivity contribution in [2.45, 2.75) is 57.6 Å². The molecule has 0 saturated carbocycles. The van der Waals surface area contributed by atoms with Crippen LogP contribution in [-0.4, -0.2) is 40.9 Å². The molecule has 1 unspecified atom stereocenters. The minimum Gasteiger partial charge on any atom is -0.395 e. The number of nitrogens with two attached hydrogens (primary N) is 1. The van der Waals surface area contributed by atoms with Gasteiger partial charge in [-0.2, -0.15) is 0 Å². The first kappa shape index (κ1) is 16.1. The summed E-state index contributed by atoms with van der Waals surface area (Å²) in [6.07, 6.45) is 6.70. The molecule has 108 valence electrons. The highest BCUT2D eigenvalue weighted by molar-refractivity contribution is 6.48. The molecule has 0 aliphatic carbocycles. The van der Waals surface area contributed by atoms with Crippen LogP contribution >= 0.6 is 0 Å². The fourth-order valence-electron chi connectivity index (χ4n) is 2.60. The van der Waals surface area contributed by atoms with E-state index in [1.165, 1.54) is 6.42 Å². The Morgan fingerprint density at radius 2 is 1.89 bits per heavy atom. The van der Waals surface area contributed by atoms with Gasteiger partial charge in [-0.25, -0.2) is 0 Å². The Bertz CT molecular complexity index is 204. The highest BCUT2D eigenvalue weighted by Crippen LogP contribution is 2.33. The van der Waals surface area contributed by atoms with E-state index in [9.17, 15) is 0 Å². The quantitative estimate of drug-likeness (QED) is 0.516. The van der Waals surface area contributed by atoms with E-state index in [0.29, 0.717) is 0 Å². The minimum atomic E-state index is -1.76. The van der Waals surface area contributed by atoms with Gasteiger partial charge in [-0.1, -0.05) is 0 Å². The third-order valence-electron chi connectivity index (χ3n) is 3.50. The summed E-state index contributed by atoms with van der Waals surface area (Å²) in [5.41, 5.74) is 5.59. The standard InChI is InChI=1S/C13H29NO3Si/c1-3-16-18(17-4-2)13(9-5-7-11-14)10-6-8-12-15-13/h18H,3-12,14H2,1-2H3. The largest absolute Gasteiger partial charge is 0.395 e. The molecule has 0 spiro atoms. The van der Waals surface area contributed by atoms with Crippen LogP contribution in [0.2, 0.25) is 0 Å². The molecule has 1 heterocycles. The molecule has 0 bridgehead atoms. The molecule has 1 rings (SSSR count). The molecule has 4 nitrogen and oxygen atoms in total. The average Bonchev–Trinajstić information content (AvgIpc) is 2.40. The number of rotatable bonds is 9. The van der Waals surface area contributed by atoms with Gasteiger partial charge in [-0.3, -0.25) is 0 Å². The Labute approximate surface area is 113 Å². The van der Waals surface area contributed by atoms with Gasteiger partial charge in [0.2, 0.25) is 0 Å². The molecular weight excluding hydrogens is 246 g/mol. The van der Waals surface area contributed by atoms with E-state index in [2.05, 4.69) is 0 Å². The summed E-state index contributed by atoms with van der Waals surface area (Å²) in [5, 5.41) is -0.112. The van der Waals surface area contributed by atoms with Gasteiger partial charge in [0.25, 0.3) is 0 Å². The van der Waals surface area contributed by atoms with Gasteiger partial charge in [-0.05, 0) is 58.9 Å². The second kappa shape index (κ2) is 9.04. The summed E-state index contributed by atoms with van der Waals surface area (Å²) in [6.45, 7) is 7.13. The van der Waals surface area contributed by atoms with Gasteiger partial charge >= 0.3 is 9.28 Å². The van der Waals surface area contributed by atoms with Crippen LogP contribution in [0.5, 0.6) is 0 Å². The van der Waals surface area contributed by atoms with Crippen LogP contribution in [0, 0.1) is 0 Å². The lowest BCUT2D eigenvalue weighted by molar-refractivity contribution is -0.0569. The topological polar surface area (TPSA) is 53.7 Å².